The third-order valence-corrected chi connectivity index (χ3v) is 2.33. The zero-order valence-corrected chi connectivity index (χ0v) is 9.23. The van der Waals surface area contributed by atoms with Crippen molar-refractivity contribution in [3.8, 4) is 0 Å². The number of ketones is 1. The fraction of sp³-hybridized carbons (Fsp3) is 0.429. The monoisotopic (exact) mass is 306 g/mol. The lowest BCUT2D eigenvalue weighted by Crippen LogP contribution is -2.44. The number of Topliss-reactive ketones (excluding diaryl/α,β-unsaturated/α-hetero) is 1. The third kappa shape index (κ3) is 1.95. The van der Waals surface area contributed by atoms with Crippen LogP contribution in [0.25, 0.3) is 0 Å². The highest BCUT2D eigenvalue weighted by Crippen LogP contribution is 2.38. The van der Waals surface area contributed by atoms with Crippen LogP contribution in [0.4, 0.5) is 22.0 Å². The van der Waals surface area contributed by atoms with Gasteiger partial charge in [-0.15, -0.1) is 0 Å². The van der Waals surface area contributed by atoms with Crippen LogP contribution >= 0.6 is 15.9 Å². The molecule has 1 rings (SSSR count). The molecule has 0 aliphatic carbocycles. The fourth-order valence-corrected chi connectivity index (χ4v) is 1.47. The lowest BCUT2D eigenvalue weighted by molar-refractivity contribution is -0.256. The van der Waals surface area contributed by atoms with E-state index in [1.807, 2.05) is 0 Å². The van der Waals surface area contributed by atoms with E-state index in [4.69, 9.17) is 0 Å². The number of carbonyl (C=O) groups is 1. The third-order valence-electron chi connectivity index (χ3n) is 1.75. The minimum atomic E-state index is -5.92. The summed E-state index contributed by atoms with van der Waals surface area (Å²) in [6.45, 7) is 0. The molecule has 1 heterocycles. The minimum Gasteiger partial charge on any atom is -0.285 e. The maximum Gasteiger partial charge on any atom is 0.461 e. The first kappa shape index (κ1) is 13.1. The number of nitrogens with zero attached hydrogens (tertiary/aromatic N) is 2. The molecule has 0 atom stereocenters. The van der Waals surface area contributed by atoms with Crippen LogP contribution in [0.1, 0.15) is 10.5 Å². The van der Waals surface area contributed by atoms with Gasteiger partial charge in [0.1, 0.15) is 5.69 Å². The topological polar surface area (TPSA) is 34.9 Å². The molecule has 0 spiro atoms. The van der Waals surface area contributed by atoms with E-state index < -0.39 is 23.6 Å². The maximum atomic E-state index is 12.7. The first-order valence-electron chi connectivity index (χ1n) is 3.76. The van der Waals surface area contributed by atoms with Crippen molar-refractivity contribution in [2.45, 2.75) is 12.1 Å². The molecule has 0 unspecified atom stereocenters. The standard InChI is InChI=1S/C7H4BrF5N2O/c1-15-4(3(8)2-14-15)5(16)6(9,10)7(11,12)13/h2H,1H3. The molecule has 0 saturated heterocycles. The molecule has 0 fully saturated rings. The van der Waals surface area contributed by atoms with E-state index in [1.165, 1.54) is 0 Å². The smallest absolute Gasteiger partial charge is 0.285 e. The second-order valence-corrected chi connectivity index (χ2v) is 3.72. The number of halogens is 6. The van der Waals surface area contributed by atoms with Crippen molar-refractivity contribution < 1.29 is 26.7 Å². The first-order valence-corrected chi connectivity index (χ1v) is 4.55. The first-order chi connectivity index (χ1) is 7.09. The van der Waals surface area contributed by atoms with Gasteiger partial charge in [-0.2, -0.15) is 27.1 Å². The summed E-state index contributed by atoms with van der Waals surface area (Å²) in [7, 11) is 1.09. The highest BCUT2D eigenvalue weighted by molar-refractivity contribution is 9.10. The van der Waals surface area contributed by atoms with Crippen LogP contribution in [-0.2, 0) is 7.05 Å². The second-order valence-electron chi connectivity index (χ2n) is 2.87. The molecule has 16 heavy (non-hydrogen) atoms. The zero-order valence-electron chi connectivity index (χ0n) is 7.65. The van der Waals surface area contributed by atoms with Crippen LogP contribution in [0.2, 0.25) is 0 Å². The van der Waals surface area contributed by atoms with Gasteiger partial charge in [-0.1, -0.05) is 0 Å². The van der Waals surface area contributed by atoms with Crippen molar-refractivity contribution in [2.75, 3.05) is 0 Å². The molecule has 0 aromatic carbocycles. The summed E-state index contributed by atoms with van der Waals surface area (Å²) < 4.78 is 61.6. The molecule has 0 aliphatic rings. The van der Waals surface area contributed by atoms with Gasteiger partial charge in [-0.05, 0) is 15.9 Å². The number of aromatic nitrogens is 2. The Bertz CT molecular complexity index is 405. The number of hydrogen-bond acceptors (Lipinski definition) is 2. The number of alkyl halides is 5. The Morgan fingerprint density at radius 2 is 1.88 bits per heavy atom. The van der Waals surface area contributed by atoms with Crippen molar-refractivity contribution in [3.63, 3.8) is 0 Å². The van der Waals surface area contributed by atoms with Gasteiger partial charge in [0.05, 0.1) is 10.7 Å². The molecule has 0 radical (unpaired) electrons. The van der Waals surface area contributed by atoms with Crippen molar-refractivity contribution >= 4 is 21.7 Å². The second kappa shape index (κ2) is 3.79. The Kier molecular flexibility index (Phi) is 3.10. The highest BCUT2D eigenvalue weighted by atomic mass is 79.9. The van der Waals surface area contributed by atoms with Crippen molar-refractivity contribution in [3.05, 3.63) is 16.4 Å². The summed E-state index contributed by atoms with van der Waals surface area (Å²) >= 11 is 2.67. The fourth-order valence-electron chi connectivity index (χ4n) is 0.944. The Balaban J connectivity index is 3.23. The summed E-state index contributed by atoms with van der Waals surface area (Å²) in [5.41, 5.74) is -0.831. The lowest BCUT2D eigenvalue weighted by Gasteiger charge is -2.18. The summed E-state index contributed by atoms with van der Waals surface area (Å²) in [6, 6.07) is 0. The van der Waals surface area contributed by atoms with Gasteiger partial charge in [0, 0.05) is 7.05 Å². The molecule has 0 aliphatic heterocycles. The number of aryl methyl sites for hydroxylation is 1. The van der Waals surface area contributed by atoms with Gasteiger partial charge in [0.25, 0.3) is 5.78 Å². The summed E-state index contributed by atoms with van der Waals surface area (Å²) in [5.74, 6) is -7.77. The Morgan fingerprint density at radius 1 is 1.38 bits per heavy atom. The average Bonchev–Trinajstić information content (AvgIpc) is 2.43. The molecular weight excluding hydrogens is 303 g/mol. The van der Waals surface area contributed by atoms with Gasteiger partial charge >= 0.3 is 12.1 Å². The highest BCUT2D eigenvalue weighted by Gasteiger charge is 2.64. The molecule has 0 saturated carbocycles. The van der Waals surface area contributed by atoms with Crippen molar-refractivity contribution in [1.82, 2.24) is 9.78 Å². The van der Waals surface area contributed by atoms with Crippen LogP contribution in [-0.4, -0.2) is 27.7 Å². The van der Waals surface area contributed by atoms with E-state index in [0.29, 0.717) is 4.68 Å². The molecule has 90 valence electrons. The number of carbonyl (C=O) groups excluding carboxylic acids is 1. The maximum absolute atomic E-state index is 12.7. The van der Waals surface area contributed by atoms with Crippen molar-refractivity contribution in [2.24, 2.45) is 7.05 Å². The van der Waals surface area contributed by atoms with Gasteiger partial charge in [-0.3, -0.25) is 9.48 Å². The van der Waals surface area contributed by atoms with E-state index in [9.17, 15) is 26.7 Å². The minimum absolute atomic E-state index is 0.219. The van der Waals surface area contributed by atoms with E-state index in [2.05, 4.69) is 21.0 Å². The Morgan fingerprint density at radius 3 is 2.19 bits per heavy atom. The lowest BCUT2D eigenvalue weighted by atomic mass is 10.1. The molecular formula is C7H4BrF5N2O. The summed E-state index contributed by atoms with van der Waals surface area (Å²) in [4.78, 5) is 11.1. The molecule has 0 N–H and O–H groups in total. The predicted molar refractivity (Wildman–Crippen MR) is 46.2 cm³/mol. The molecule has 1 aromatic heterocycles. The Labute approximate surface area is 94.4 Å². The van der Waals surface area contributed by atoms with Crippen LogP contribution in [0.3, 0.4) is 0 Å². The molecule has 0 bridgehead atoms. The van der Waals surface area contributed by atoms with Crippen LogP contribution in [0.15, 0.2) is 10.7 Å². The van der Waals surface area contributed by atoms with Crippen molar-refractivity contribution in [1.29, 1.82) is 0 Å². The van der Waals surface area contributed by atoms with Crippen LogP contribution in [0.5, 0.6) is 0 Å². The molecule has 0 amide bonds. The Hall–Kier alpha value is -0.990. The summed E-state index contributed by atoms with van der Waals surface area (Å²) in [5, 5.41) is 3.38. The SMILES string of the molecule is Cn1ncc(Br)c1C(=O)C(F)(F)C(F)(F)F. The number of hydrogen-bond donors (Lipinski definition) is 0. The predicted octanol–water partition coefficient (Wildman–Crippen LogP) is 2.56. The van der Waals surface area contributed by atoms with E-state index in [1.54, 1.807) is 0 Å². The van der Waals surface area contributed by atoms with Gasteiger partial charge in [-0.25, -0.2) is 0 Å². The van der Waals surface area contributed by atoms with Crippen LogP contribution in [0, 0.1) is 0 Å². The zero-order chi connectivity index (χ0) is 12.7. The molecule has 1 aromatic rings. The van der Waals surface area contributed by atoms with E-state index >= 15 is 0 Å². The van der Waals surface area contributed by atoms with E-state index in [-0.39, 0.29) is 4.47 Å². The molecule has 9 heteroatoms. The van der Waals surface area contributed by atoms with Gasteiger partial charge < -0.3 is 0 Å². The quantitative estimate of drug-likeness (QED) is 0.622. The average molecular weight is 307 g/mol. The molecule has 3 nitrogen and oxygen atoms in total. The number of rotatable bonds is 2. The van der Waals surface area contributed by atoms with E-state index in [0.717, 1.165) is 13.2 Å². The van der Waals surface area contributed by atoms with Gasteiger partial charge in [0.2, 0.25) is 0 Å². The summed E-state index contributed by atoms with van der Waals surface area (Å²) in [6.07, 6.45) is -4.96. The largest absolute Gasteiger partial charge is 0.461 e. The normalized spacial score (nSPS) is 12.9. The van der Waals surface area contributed by atoms with Crippen LogP contribution < -0.4 is 0 Å². The van der Waals surface area contributed by atoms with Gasteiger partial charge in [0.15, 0.2) is 0 Å².